The zero-order valence-electron chi connectivity index (χ0n) is 19.1. The number of hydrogen-bond donors (Lipinski definition) is 2. The molecular weight excluding hydrogens is 376 g/mol. The van der Waals surface area contributed by atoms with Gasteiger partial charge in [-0.1, -0.05) is 76.2 Å². The molecule has 0 heterocycles. The van der Waals surface area contributed by atoms with Crippen LogP contribution < -0.4 is 0 Å². The second-order valence-corrected chi connectivity index (χ2v) is 8.80. The zero-order valence-corrected chi connectivity index (χ0v) is 19.1. The maximum absolute atomic E-state index is 10.8. The minimum absolute atomic E-state index is 0.418. The fraction of sp³-hybridized carbons (Fsp3) is 0.462. The molecule has 0 aromatic heterocycles. The molecule has 0 aliphatic rings. The molecule has 0 unspecified atom stereocenters. The van der Waals surface area contributed by atoms with E-state index >= 15 is 0 Å². The molecule has 0 amide bonds. The van der Waals surface area contributed by atoms with Crippen molar-refractivity contribution in [1.29, 1.82) is 0 Å². The van der Waals surface area contributed by atoms with Gasteiger partial charge >= 0.3 is 11.9 Å². The van der Waals surface area contributed by atoms with Crippen LogP contribution in [0.25, 0.3) is 0 Å². The van der Waals surface area contributed by atoms with E-state index in [-0.39, 0.29) is 0 Å². The lowest BCUT2D eigenvalue weighted by molar-refractivity contribution is -0.139. The molecule has 2 aromatic carbocycles. The maximum atomic E-state index is 10.8. The normalized spacial score (nSPS) is 12.8. The second-order valence-electron chi connectivity index (χ2n) is 8.80. The molecule has 2 N–H and O–H groups in total. The standard InChI is InChI=1S/2C13H18O2/c2*1-9(2)8-11-4-6-12(7-5-11)10(3)13(14)15/h2*4-7,9-10H,8H2,1-3H3,(H,14,15)/t2*10-/m00/s1. The Kier molecular flexibility index (Phi) is 10.3. The van der Waals surface area contributed by atoms with Gasteiger partial charge in [0.2, 0.25) is 0 Å². The quantitative estimate of drug-likeness (QED) is 0.545. The smallest absolute Gasteiger partial charge is 0.310 e. The molecule has 4 nitrogen and oxygen atoms in total. The van der Waals surface area contributed by atoms with E-state index in [9.17, 15) is 9.59 Å². The highest BCUT2D eigenvalue weighted by Crippen LogP contribution is 2.18. The van der Waals surface area contributed by atoms with Crippen LogP contribution in [0.2, 0.25) is 0 Å². The van der Waals surface area contributed by atoms with Crippen LogP contribution in [0.15, 0.2) is 48.5 Å². The summed E-state index contributed by atoms with van der Waals surface area (Å²) in [6.45, 7) is 12.1. The molecule has 2 aromatic rings. The van der Waals surface area contributed by atoms with Crippen LogP contribution >= 0.6 is 0 Å². The number of carboxylic acids is 2. The van der Waals surface area contributed by atoms with Gasteiger partial charge in [0, 0.05) is 0 Å². The number of carboxylic acid groups (broad SMARTS) is 2. The lowest BCUT2D eigenvalue weighted by Crippen LogP contribution is -2.07. The first-order chi connectivity index (χ1) is 14.0. The van der Waals surface area contributed by atoms with Crippen molar-refractivity contribution >= 4 is 11.9 Å². The highest BCUT2D eigenvalue weighted by molar-refractivity contribution is 5.75. The Morgan fingerprint density at radius 1 is 0.600 bits per heavy atom. The molecule has 4 heteroatoms. The van der Waals surface area contributed by atoms with Crippen molar-refractivity contribution in [2.24, 2.45) is 11.8 Å². The summed E-state index contributed by atoms with van der Waals surface area (Å²) in [5, 5.41) is 17.7. The van der Waals surface area contributed by atoms with Gasteiger partial charge in [-0.05, 0) is 60.8 Å². The summed E-state index contributed by atoms with van der Waals surface area (Å²) in [4.78, 5) is 21.5. The fourth-order valence-electron chi connectivity index (χ4n) is 3.11. The first-order valence-corrected chi connectivity index (χ1v) is 10.6. The first-order valence-electron chi connectivity index (χ1n) is 10.6. The number of carbonyl (C=O) groups is 2. The summed E-state index contributed by atoms with van der Waals surface area (Å²) in [7, 11) is 0. The van der Waals surface area contributed by atoms with Gasteiger partial charge in [0.15, 0.2) is 0 Å². The van der Waals surface area contributed by atoms with Crippen LogP contribution in [0.3, 0.4) is 0 Å². The van der Waals surface area contributed by atoms with Gasteiger partial charge < -0.3 is 10.2 Å². The van der Waals surface area contributed by atoms with E-state index in [1.54, 1.807) is 13.8 Å². The average Bonchev–Trinajstić information content (AvgIpc) is 2.67. The molecule has 30 heavy (non-hydrogen) atoms. The molecule has 0 aliphatic carbocycles. The van der Waals surface area contributed by atoms with Crippen LogP contribution in [0.5, 0.6) is 0 Å². The minimum atomic E-state index is -0.772. The second kappa shape index (κ2) is 12.2. The Morgan fingerprint density at radius 2 is 0.867 bits per heavy atom. The highest BCUT2D eigenvalue weighted by atomic mass is 16.4. The van der Waals surface area contributed by atoms with Crippen molar-refractivity contribution in [2.75, 3.05) is 0 Å². The van der Waals surface area contributed by atoms with E-state index in [0.29, 0.717) is 11.8 Å². The SMILES string of the molecule is CC(C)Cc1ccc([C@H](C)C(=O)O)cc1.CC(C)Cc1ccc([C@H](C)C(=O)O)cc1. The number of hydrogen-bond acceptors (Lipinski definition) is 2. The van der Waals surface area contributed by atoms with E-state index in [1.165, 1.54) is 11.1 Å². The van der Waals surface area contributed by atoms with E-state index < -0.39 is 23.8 Å². The molecule has 0 saturated carbocycles. The molecule has 0 bridgehead atoms. The van der Waals surface area contributed by atoms with Crippen LogP contribution in [0.1, 0.15) is 75.6 Å². The third-order valence-corrected chi connectivity index (χ3v) is 4.99. The summed E-state index contributed by atoms with van der Waals surface area (Å²) in [6, 6.07) is 15.7. The Hall–Kier alpha value is -2.62. The average molecular weight is 413 g/mol. The predicted molar refractivity (Wildman–Crippen MR) is 122 cm³/mol. The monoisotopic (exact) mass is 412 g/mol. The van der Waals surface area contributed by atoms with Crippen molar-refractivity contribution in [2.45, 2.75) is 66.2 Å². The molecule has 0 spiro atoms. The molecule has 0 radical (unpaired) electrons. The molecule has 2 rings (SSSR count). The van der Waals surface area contributed by atoms with E-state index in [4.69, 9.17) is 10.2 Å². The van der Waals surface area contributed by atoms with Gasteiger partial charge in [-0.3, -0.25) is 9.59 Å². The lowest BCUT2D eigenvalue weighted by atomic mass is 9.97. The highest BCUT2D eigenvalue weighted by Gasteiger charge is 2.13. The van der Waals surface area contributed by atoms with E-state index in [1.807, 2.05) is 48.5 Å². The maximum Gasteiger partial charge on any atom is 0.310 e. The zero-order chi connectivity index (χ0) is 22.8. The molecule has 164 valence electrons. The van der Waals surface area contributed by atoms with Crippen molar-refractivity contribution in [3.8, 4) is 0 Å². The van der Waals surface area contributed by atoms with Crippen molar-refractivity contribution in [3.05, 3.63) is 70.8 Å². The van der Waals surface area contributed by atoms with Crippen molar-refractivity contribution in [3.63, 3.8) is 0 Å². The molecule has 2 atom stereocenters. The van der Waals surface area contributed by atoms with Crippen LogP contribution in [0, 0.1) is 11.8 Å². The summed E-state index contributed by atoms with van der Waals surface area (Å²) >= 11 is 0. The van der Waals surface area contributed by atoms with Gasteiger partial charge in [-0.15, -0.1) is 0 Å². The van der Waals surface area contributed by atoms with Gasteiger partial charge in [0.25, 0.3) is 0 Å². The molecule has 0 saturated heterocycles. The summed E-state index contributed by atoms with van der Waals surface area (Å²) in [6.07, 6.45) is 2.09. The molecular formula is C26H36O4. The van der Waals surface area contributed by atoms with Gasteiger partial charge in [0.05, 0.1) is 11.8 Å². The Bertz CT molecular complexity index is 719. The summed E-state index contributed by atoms with van der Waals surface area (Å²) in [5.41, 5.74) is 4.28. The van der Waals surface area contributed by atoms with Gasteiger partial charge in [-0.25, -0.2) is 0 Å². The largest absolute Gasteiger partial charge is 0.481 e. The van der Waals surface area contributed by atoms with Crippen LogP contribution in [0.4, 0.5) is 0 Å². The molecule has 0 aliphatic heterocycles. The van der Waals surface area contributed by atoms with Gasteiger partial charge in [-0.2, -0.15) is 0 Å². The van der Waals surface area contributed by atoms with E-state index in [2.05, 4.69) is 27.7 Å². The number of benzene rings is 2. The lowest BCUT2D eigenvalue weighted by Gasteiger charge is -2.09. The Labute approximate surface area is 181 Å². The first kappa shape index (κ1) is 25.4. The van der Waals surface area contributed by atoms with E-state index in [0.717, 1.165) is 24.0 Å². The minimum Gasteiger partial charge on any atom is -0.481 e. The van der Waals surface area contributed by atoms with Crippen molar-refractivity contribution < 1.29 is 19.8 Å². The van der Waals surface area contributed by atoms with Crippen LogP contribution in [-0.2, 0) is 22.4 Å². The fourth-order valence-corrected chi connectivity index (χ4v) is 3.11. The summed E-state index contributed by atoms with van der Waals surface area (Å²) in [5.74, 6) is -1.12. The third-order valence-electron chi connectivity index (χ3n) is 4.99. The topological polar surface area (TPSA) is 74.6 Å². The Morgan fingerprint density at radius 3 is 1.07 bits per heavy atom. The van der Waals surface area contributed by atoms with Crippen molar-refractivity contribution in [1.82, 2.24) is 0 Å². The Balaban J connectivity index is 0.000000300. The van der Waals surface area contributed by atoms with Crippen LogP contribution in [-0.4, -0.2) is 22.2 Å². The molecule has 0 fully saturated rings. The summed E-state index contributed by atoms with van der Waals surface area (Å²) < 4.78 is 0. The van der Waals surface area contributed by atoms with Gasteiger partial charge in [0.1, 0.15) is 0 Å². The third kappa shape index (κ3) is 8.81. The number of rotatable bonds is 8. The number of aliphatic carboxylic acids is 2. The predicted octanol–water partition coefficient (Wildman–Crippen LogP) is 6.15.